The van der Waals surface area contributed by atoms with Gasteiger partial charge < -0.3 is 14.4 Å². The van der Waals surface area contributed by atoms with Crippen LogP contribution in [0.2, 0.25) is 5.15 Å². The Balaban J connectivity index is 2.12. The van der Waals surface area contributed by atoms with Crippen LogP contribution in [-0.4, -0.2) is 30.1 Å². The molecular weight excluding hydrogens is 344 g/mol. The zero-order chi connectivity index (χ0) is 17.4. The van der Waals surface area contributed by atoms with Crippen molar-refractivity contribution < 1.29 is 23.0 Å². The molecule has 0 fully saturated rings. The first-order valence-electron chi connectivity index (χ1n) is 6.86. The Hall–Kier alpha value is -2.48. The lowest BCUT2D eigenvalue weighted by Crippen LogP contribution is -2.37. The van der Waals surface area contributed by atoms with E-state index in [9.17, 15) is 13.6 Å². The van der Waals surface area contributed by atoms with Crippen molar-refractivity contribution in [3.63, 3.8) is 0 Å². The van der Waals surface area contributed by atoms with Gasteiger partial charge in [-0.2, -0.15) is 13.8 Å². The minimum atomic E-state index is -1.07. The summed E-state index contributed by atoms with van der Waals surface area (Å²) in [7, 11) is 2.37. The van der Waals surface area contributed by atoms with Crippen molar-refractivity contribution in [2.75, 3.05) is 19.1 Å². The van der Waals surface area contributed by atoms with Crippen LogP contribution in [0.25, 0.3) is 0 Å². The molecule has 0 spiro atoms. The van der Waals surface area contributed by atoms with E-state index in [0.717, 1.165) is 4.90 Å². The molecule has 24 heavy (non-hydrogen) atoms. The molecule has 0 bridgehead atoms. The molecule has 6 nitrogen and oxygen atoms in total. The summed E-state index contributed by atoms with van der Waals surface area (Å²) >= 11 is 5.81. The number of halogens is 3. The third-order valence-corrected chi connectivity index (χ3v) is 3.88. The highest BCUT2D eigenvalue weighted by molar-refractivity contribution is 6.29. The molecule has 0 radical (unpaired) electrons. The van der Waals surface area contributed by atoms with Gasteiger partial charge in [-0.1, -0.05) is 11.6 Å². The Morgan fingerprint density at radius 3 is 2.38 bits per heavy atom. The molecule has 1 aliphatic rings. The molecule has 9 heteroatoms. The van der Waals surface area contributed by atoms with Gasteiger partial charge in [0, 0.05) is 6.20 Å². The minimum absolute atomic E-state index is 0.0522. The highest BCUT2D eigenvalue weighted by Crippen LogP contribution is 2.37. The molecule has 0 aliphatic carbocycles. The summed E-state index contributed by atoms with van der Waals surface area (Å²) in [6.45, 7) is -0.0531. The van der Waals surface area contributed by atoms with E-state index in [0.29, 0.717) is 11.1 Å². The lowest BCUT2D eigenvalue weighted by atomic mass is 10.0. The highest BCUT2D eigenvalue weighted by Gasteiger charge is 2.33. The van der Waals surface area contributed by atoms with Crippen LogP contribution >= 0.6 is 11.6 Å². The van der Waals surface area contributed by atoms with Crippen LogP contribution < -0.4 is 14.4 Å². The van der Waals surface area contributed by atoms with E-state index in [1.807, 2.05) is 0 Å². The van der Waals surface area contributed by atoms with E-state index in [1.54, 1.807) is 6.07 Å². The first-order chi connectivity index (χ1) is 11.5. The van der Waals surface area contributed by atoms with E-state index in [-0.39, 0.29) is 18.1 Å². The number of nitrogens with zero attached hydrogens (tertiary/aromatic N) is 3. The van der Waals surface area contributed by atoms with Crippen molar-refractivity contribution in [1.82, 2.24) is 9.97 Å². The minimum Gasteiger partial charge on any atom is -0.479 e. The summed E-state index contributed by atoms with van der Waals surface area (Å²) < 4.78 is 38.7. The van der Waals surface area contributed by atoms with Crippen molar-refractivity contribution in [3.05, 3.63) is 40.2 Å². The molecule has 1 aliphatic heterocycles. The third-order valence-electron chi connectivity index (χ3n) is 3.67. The Kier molecular flexibility index (Phi) is 4.23. The molecule has 0 aromatic carbocycles. The van der Waals surface area contributed by atoms with Crippen LogP contribution in [-0.2, 0) is 17.8 Å². The van der Waals surface area contributed by atoms with E-state index in [4.69, 9.17) is 21.1 Å². The predicted octanol–water partition coefficient (Wildman–Crippen LogP) is 2.51. The Labute approximate surface area is 141 Å². The number of ether oxygens (including phenoxy) is 2. The largest absolute Gasteiger partial charge is 0.479 e. The fourth-order valence-electron chi connectivity index (χ4n) is 2.52. The highest BCUT2D eigenvalue weighted by atomic mass is 35.5. The number of carbonyl (C=O) groups excluding carboxylic acids is 1. The average Bonchev–Trinajstić information content (AvgIpc) is 2.55. The molecule has 0 saturated carbocycles. The predicted molar refractivity (Wildman–Crippen MR) is 81.4 cm³/mol. The van der Waals surface area contributed by atoms with Gasteiger partial charge in [-0.15, -0.1) is 0 Å². The van der Waals surface area contributed by atoms with Crippen LogP contribution in [0.5, 0.6) is 11.8 Å². The normalized spacial score (nSPS) is 13.7. The van der Waals surface area contributed by atoms with Gasteiger partial charge in [-0.3, -0.25) is 4.79 Å². The SMILES string of the molecule is COc1nc(OC)c(F)c(N2Cc3cnc(Cl)cc3CC2=O)c1F. The number of methoxy groups -OCH3 is 2. The average molecular weight is 356 g/mol. The van der Waals surface area contributed by atoms with Crippen molar-refractivity contribution in [3.8, 4) is 11.8 Å². The van der Waals surface area contributed by atoms with Crippen LogP contribution in [0, 0.1) is 11.6 Å². The number of rotatable bonds is 3. The standard InChI is InChI=1S/C15H12ClF2N3O3/c1-23-14-11(17)13(12(18)15(20-14)24-2)21-6-8-5-19-9(16)3-7(8)4-10(21)22/h3,5H,4,6H2,1-2H3. The molecular formula is C15H12ClF2N3O3. The molecule has 0 unspecified atom stereocenters. The summed E-state index contributed by atoms with van der Waals surface area (Å²) in [6, 6.07) is 1.56. The summed E-state index contributed by atoms with van der Waals surface area (Å²) in [5, 5.41) is 0.250. The third kappa shape index (κ3) is 2.62. The van der Waals surface area contributed by atoms with Gasteiger partial charge in [0.1, 0.15) is 10.8 Å². The number of aromatic nitrogens is 2. The maximum absolute atomic E-state index is 14.5. The molecule has 1 amide bonds. The van der Waals surface area contributed by atoms with Gasteiger partial charge in [-0.05, 0) is 17.2 Å². The maximum atomic E-state index is 14.5. The first kappa shape index (κ1) is 16.4. The quantitative estimate of drug-likeness (QED) is 0.792. The lowest BCUT2D eigenvalue weighted by molar-refractivity contribution is -0.118. The van der Waals surface area contributed by atoms with Crippen LogP contribution in [0.1, 0.15) is 11.1 Å². The van der Waals surface area contributed by atoms with E-state index >= 15 is 0 Å². The first-order valence-corrected chi connectivity index (χ1v) is 7.24. The zero-order valence-corrected chi connectivity index (χ0v) is 13.5. The number of hydrogen-bond donors (Lipinski definition) is 0. The van der Waals surface area contributed by atoms with Crippen LogP contribution in [0.4, 0.5) is 14.5 Å². The van der Waals surface area contributed by atoms with Crippen LogP contribution in [0.15, 0.2) is 12.3 Å². The monoisotopic (exact) mass is 355 g/mol. The zero-order valence-electron chi connectivity index (χ0n) is 12.8. The number of anilines is 1. The molecule has 3 rings (SSSR count). The Bertz CT molecular complexity index is 804. The van der Waals surface area contributed by atoms with Gasteiger partial charge in [0.15, 0.2) is 0 Å². The summed E-state index contributed by atoms with van der Waals surface area (Å²) in [4.78, 5) is 20.9. The van der Waals surface area contributed by atoms with E-state index < -0.39 is 35.0 Å². The number of amides is 1. The Morgan fingerprint density at radius 2 is 1.79 bits per heavy atom. The van der Waals surface area contributed by atoms with Gasteiger partial charge in [0.2, 0.25) is 17.5 Å². The number of pyridine rings is 2. The molecule has 2 aromatic rings. The number of hydrogen-bond acceptors (Lipinski definition) is 5. The van der Waals surface area contributed by atoms with Gasteiger partial charge in [0.05, 0.1) is 27.2 Å². The topological polar surface area (TPSA) is 64.6 Å². The molecule has 3 heterocycles. The maximum Gasteiger partial charge on any atom is 0.255 e. The fourth-order valence-corrected chi connectivity index (χ4v) is 2.70. The number of fused-ring (bicyclic) bond motifs is 1. The molecule has 0 atom stereocenters. The summed E-state index contributed by atoms with van der Waals surface area (Å²) in [5.41, 5.74) is 0.752. The molecule has 0 saturated heterocycles. The van der Waals surface area contributed by atoms with Crippen molar-refractivity contribution in [2.24, 2.45) is 0 Å². The van der Waals surface area contributed by atoms with E-state index in [2.05, 4.69) is 9.97 Å². The van der Waals surface area contributed by atoms with Gasteiger partial charge in [-0.25, -0.2) is 4.98 Å². The second kappa shape index (κ2) is 6.20. The summed E-state index contributed by atoms with van der Waals surface area (Å²) in [5.74, 6) is -3.56. The lowest BCUT2D eigenvalue weighted by Gasteiger charge is -2.29. The van der Waals surface area contributed by atoms with E-state index in [1.165, 1.54) is 20.4 Å². The van der Waals surface area contributed by atoms with Crippen molar-refractivity contribution in [2.45, 2.75) is 13.0 Å². The smallest absolute Gasteiger partial charge is 0.255 e. The van der Waals surface area contributed by atoms with Crippen LogP contribution in [0.3, 0.4) is 0 Å². The molecule has 2 aromatic heterocycles. The second-order valence-corrected chi connectivity index (χ2v) is 5.43. The van der Waals surface area contributed by atoms with Gasteiger partial charge >= 0.3 is 0 Å². The second-order valence-electron chi connectivity index (χ2n) is 5.04. The van der Waals surface area contributed by atoms with Crippen molar-refractivity contribution >= 4 is 23.2 Å². The number of carbonyl (C=O) groups is 1. The van der Waals surface area contributed by atoms with Gasteiger partial charge in [0.25, 0.3) is 11.8 Å². The fraction of sp³-hybridized carbons (Fsp3) is 0.267. The van der Waals surface area contributed by atoms with Crippen molar-refractivity contribution in [1.29, 1.82) is 0 Å². The Morgan fingerprint density at radius 1 is 1.17 bits per heavy atom. The molecule has 0 N–H and O–H groups in total. The summed E-state index contributed by atoms with van der Waals surface area (Å²) in [6.07, 6.45) is 1.42. The molecule has 126 valence electrons.